The van der Waals surface area contributed by atoms with Gasteiger partial charge in [0.2, 0.25) is 11.8 Å². The Hall–Kier alpha value is -3.28. The van der Waals surface area contributed by atoms with Gasteiger partial charge in [0.1, 0.15) is 17.0 Å². The molecule has 2 aromatic carbocycles. The third-order valence-electron chi connectivity index (χ3n) is 5.01. The molecule has 4 rings (SSSR count). The van der Waals surface area contributed by atoms with Crippen LogP contribution in [0.2, 0.25) is 0 Å². The van der Waals surface area contributed by atoms with E-state index in [-0.39, 0.29) is 11.9 Å². The van der Waals surface area contributed by atoms with Crippen LogP contribution in [0.1, 0.15) is 30.3 Å². The second kappa shape index (κ2) is 7.76. The number of ether oxygens (including phenoxy) is 2. The number of carbonyl (C=O) groups excluding carboxylic acids is 1. The van der Waals surface area contributed by atoms with Crippen molar-refractivity contribution in [1.29, 1.82) is 0 Å². The topological polar surface area (TPSA) is 64.8 Å². The molecule has 1 atom stereocenters. The van der Waals surface area contributed by atoms with Gasteiger partial charge in [0.05, 0.1) is 20.3 Å². The molecule has 1 aromatic heterocycles. The molecule has 0 bridgehead atoms. The lowest BCUT2D eigenvalue weighted by atomic mass is 10.0. The molecule has 28 heavy (non-hydrogen) atoms. The Morgan fingerprint density at radius 1 is 1.21 bits per heavy atom. The molecule has 1 fully saturated rings. The van der Waals surface area contributed by atoms with Crippen LogP contribution in [0.25, 0.3) is 17.2 Å². The normalized spacial score (nSPS) is 16.8. The van der Waals surface area contributed by atoms with Crippen molar-refractivity contribution < 1.29 is 18.7 Å². The summed E-state index contributed by atoms with van der Waals surface area (Å²) in [6, 6.07) is 13.2. The maximum atomic E-state index is 12.9. The zero-order valence-electron chi connectivity index (χ0n) is 15.9. The van der Waals surface area contributed by atoms with Crippen LogP contribution in [0.3, 0.4) is 0 Å². The number of hydrogen-bond acceptors (Lipinski definition) is 5. The molecule has 144 valence electrons. The second-order valence-corrected chi connectivity index (χ2v) is 6.65. The average molecular weight is 378 g/mol. The minimum atomic E-state index is -0.0744. The van der Waals surface area contributed by atoms with Crippen molar-refractivity contribution in [2.75, 3.05) is 20.8 Å². The number of oxazole rings is 1. The summed E-state index contributed by atoms with van der Waals surface area (Å²) in [7, 11) is 3.27. The van der Waals surface area contributed by atoms with Crippen molar-refractivity contribution >= 4 is 23.1 Å². The summed E-state index contributed by atoms with van der Waals surface area (Å²) < 4.78 is 16.5. The zero-order valence-corrected chi connectivity index (χ0v) is 15.9. The summed E-state index contributed by atoms with van der Waals surface area (Å²) in [5.41, 5.74) is 2.44. The van der Waals surface area contributed by atoms with E-state index in [0.717, 1.165) is 35.4 Å². The van der Waals surface area contributed by atoms with Crippen LogP contribution in [0.5, 0.6) is 11.5 Å². The van der Waals surface area contributed by atoms with Gasteiger partial charge in [0, 0.05) is 24.3 Å². The monoisotopic (exact) mass is 378 g/mol. The highest BCUT2D eigenvalue weighted by Crippen LogP contribution is 2.39. The molecule has 2 heterocycles. The van der Waals surface area contributed by atoms with Crippen molar-refractivity contribution in [3.05, 3.63) is 60.0 Å². The number of rotatable bonds is 5. The summed E-state index contributed by atoms with van der Waals surface area (Å²) in [4.78, 5) is 19.1. The molecule has 1 unspecified atom stereocenters. The second-order valence-electron chi connectivity index (χ2n) is 6.65. The molecule has 3 aromatic rings. The largest absolute Gasteiger partial charge is 0.497 e. The first-order valence-corrected chi connectivity index (χ1v) is 9.26. The van der Waals surface area contributed by atoms with Crippen LogP contribution in [0.4, 0.5) is 0 Å². The number of likely N-dealkylation sites (tertiary alicyclic amines) is 1. The fourth-order valence-corrected chi connectivity index (χ4v) is 3.65. The van der Waals surface area contributed by atoms with Gasteiger partial charge in [0.25, 0.3) is 0 Å². The van der Waals surface area contributed by atoms with Crippen molar-refractivity contribution in [2.24, 2.45) is 0 Å². The smallest absolute Gasteiger partial charge is 0.247 e. The van der Waals surface area contributed by atoms with Gasteiger partial charge in [-0.1, -0.05) is 12.1 Å². The predicted molar refractivity (Wildman–Crippen MR) is 106 cm³/mol. The molecule has 1 aliphatic heterocycles. The van der Waals surface area contributed by atoms with Gasteiger partial charge < -0.3 is 18.8 Å². The molecule has 0 N–H and O–H groups in total. The van der Waals surface area contributed by atoms with E-state index in [1.807, 2.05) is 47.4 Å². The molecule has 1 saturated heterocycles. The lowest BCUT2D eigenvalue weighted by molar-refractivity contribution is -0.126. The van der Waals surface area contributed by atoms with Crippen LogP contribution in [0.15, 0.2) is 53.0 Å². The van der Waals surface area contributed by atoms with Crippen molar-refractivity contribution in [3.63, 3.8) is 0 Å². The molecule has 0 radical (unpaired) electrons. The predicted octanol–water partition coefficient (Wildman–Crippen LogP) is 4.22. The van der Waals surface area contributed by atoms with Crippen LogP contribution >= 0.6 is 0 Å². The van der Waals surface area contributed by atoms with Gasteiger partial charge in [-0.25, -0.2) is 4.98 Å². The van der Waals surface area contributed by atoms with Gasteiger partial charge in [-0.05, 0) is 43.2 Å². The molecular weight excluding hydrogens is 356 g/mol. The maximum Gasteiger partial charge on any atom is 0.247 e. The Bertz CT molecular complexity index is 991. The molecule has 0 spiro atoms. The third-order valence-corrected chi connectivity index (χ3v) is 5.01. The summed E-state index contributed by atoms with van der Waals surface area (Å²) in [5.74, 6) is 1.85. The average Bonchev–Trinajstić information content (AvgIpc) is 3.38. The summed E-state index contributed by atoms with van der Waals surface area (Å²) in [5, 5.41) is 0. The lowest BCUT2D eigenvalue weighted by Gasteiger charge is -2.25. The SMILES string of the molecule is COc1ccc(OC)c(C2CCCN2C(=O)/C=C/c2nc3ccccc3o2)c1. The van der Waals surface area contributed by atoms with Gasteiger partial charge >= 0.3 is 0 Å². The highest BCUT2D eigenvalue weighted by atomic mass is 16.5. The van der Waals surface area contributed by atoms with Crippen molar-refractivity contribution in [3.8, 4) is 11.5 Å². The minimum Gasteiger partial charge on any atom is -0.497 e. The molecule has 0 aliphatic carbocycles. The van der Waals surface area contributed by atoms with E-state index < -0.39 is 0 Å². The summed E-state index contributed by atoms with van der Waals surface area (Å²) in [6.45, 7) is 0.696. The lowest BCUT2D eigenvalue weighted by Crippen LogP contribution is -2.29. The first-order chi connectivity index (χ1) is 13.7. The highest BCUT2D eigenvalue weighted by molar-refractivity contribution is 5.92. The minimum absolute atomic E-state index is 0.0502. The Balaban J connectivity index is 1.57. The van der Waals surface area contributed by atoms with E-state index >= 15 is 0 Å². The molecule has 1 amide bonds. The number of amides is 1. The number of benzene rings is 2. The molecule has 6 nitrogen and oxygen atoms in total. The standard InChI is InChI=1S/C22H22N2O4/c1-26-15-9-10-19(27-2)16(14-15)18-7-5-13-24(18)22(25)12-11-21-23-17-6-3-4-8-20(17)28-21/h3-4,6,8-12,14,18H,5,7,13H2,1-2H3/b12-11+. The zero-order chi connectivity index (χ0) is 19.5. The molecule has 0 saturated carbocycles. The van der Waals surface area contributed by atoms with E-state index in [1.165, 1.54) is 6.08 Å². The van der Waals surface area contributed by atoms with Crippen LogP contribution in [0, 0.1) is 0 Å². The number of methoxy groups -OCH3 is 2. The van der Waals surface area contributed by atoms with Crippen molar-refractivity contribution in [1.82, 2.24) is 9.88 Å². The fraction of sp³-hybridized carbons (Fsp3) is 0.273. The van der Waals surface area contributed by atoms with Crippen LogP contribution < -0.4 is 9.47 Å². The number of aromatic nitrogens is 1. The number of carbonyl (C=O) groups is 1. The highest BCUT2D eigenvalue weighted by Gasteiger charge is 2.31. The van der Waals surface area contributed by atoms with E-state index in [0.29, 0.717) is 18.0 Å². The maximum absolute atomic E-state index is 12.9. The fourth-order valence-electron chi connectivity index (χ4n) is 3.65. The molecule has 6 heteroatoms. The third kappa shape index (κ3) is 3.45. The van der Waals surface area contributed by atoms with Crippen molar-refractivity contribution in [2.45, 2.75) is 18.9 Å². The number of fused-ring (bicyclic) bond motifs is 1. The molecular formula is C22H22N2O4. The molecule has 1 aliphatic rings. The van der Waals surface area contributed by atoms with Gasteiger partial charge in [-0.15, -0.1) is 0 Å². The Morgan fingerprint density at radius 3 is 2.86 bits per heavy atom. The Morgan fingerprint density at radius 2 is 2.07 bits per heavy atom. The number of para-hydroxylation sites is 2. The van der Waals surface area contributed by atoms with E-state index in [2.05, 4.69) is 4.98 Å². The Kier molecular flexibility index (Phi) is 5.02. The van der Waals surface area contributed by atoms with E-state index in [1.54, 1.807) is 20.3 Å². The number of hydrogen-bond donors (Lipinski definition) is 0. The van der Waals surface area contributed by atoms with Gasteiger partial charge in [-0.2, -0.15) is 0 Å². The van der Waals surface area contributed by atoms with E-state index in [4.69, 9.17) is 13.9 Å². The first kappa shape index (κ1) is 18.1. The first-order valence-electron chi connectivity index (χ1n) is 9.26. The van der Waals surface area contributed by atoms with Gasteiger partial charge in [0.15, 0.2) is 5.58 Å². The van der Waals surface area contributed by atoms with Gasteiger partial charge in [-0.3, -0.25) is 4.79 Å². The van der Waals surface area contributed by atoms with E-state index in [9.17, 15) is 4.79 Å². The van der Waals surface area contributed by atoms with Crippen LogP contribution in [-0.2, 0) is 4.79 Å². The summed E-state index contributed by atoms with van der Waals surface area (Å²) >= 11 is 0. The van der Waals surface area contributed by atoms with Crippen LogP contribution in [-0.4, -0.2) is 36.6 Å². The summed E-state index contributed by atoms with van der Waals surface area (Å²) in [6.07, 6.45) is 4.97. The number of nitrogens with zero attached hydrogens (tertiary/aromatic N) is 2. The quantitative estimate of drug-likeness (QED) is 0.622. The Labute approximate surface area is 163 Å².